The van der Waals surface area contributed by atoms with Gasteiger partial charge in [0.05, 0.1) is 18.4 Å². The van der Waals surface area contributed by atoms with Gasteiger partial charge in [0.1, 0.15) is 11.5 Å². The van der Waals surface area contributed by atoms with Gasteiger partial charge in [0.2, 0.25) is 17.7 Å². The molecule has 7 nitrogen and oxygen atoms in total. The molecule has 1 saturated carbocycles. The van der Waals surface area contributed by atoms with Gasteiger partial charge in [0.15, 0.2) is 0 Å². The van der Waals surface area contributed by atoms with Crippen LogP contribution in [0.4, 0.5) is 0 Å². The lowest BCUT2D eigenvalue weighted by atomic mass is 9.81. The molecule has 2 unspecified atom stereocenters. The number of aromatic nitrogens is 1. The van der Waals surface area contributed by atoms with Crippen molar-refractivity contribution < 1.29 is 18.9 Å². The predicted octanol–water partition coefficient (Wildman–Crippen LogP) is 1.51. The van der Waals surface area contributed by atoms with Gasteiger partial charge in [0.25, 0.3) is 0 Å². The molecule has 130 valence electrons. The zero-order valence-electron chi connectivity index (χ0n) is 14.2. The maximum absolute atomic E-state index is 12.4. The molecule has 1 aromatic rings. The molecule has 3 amide bonds. The molecular formula is C17H23N3O4. The summed E-state index contributed by atoms with van der Waals surface area (Å²) in [4.78, 5) is 39.9. The van der Waals surface area contributed by atoms with Gasteiger partial charge in [-0.15, -0.1) is 0 Å². The topological polar surface area (TPSA) is 83.7 Å². The Bertz CT molecular complexity index is 630. The number of imide groups is 1. The Morgan fingerprint density at radius 1 is 1.29 bits per heavy atom. The summed E-state index contributed by atoms with van der Waals surface area (Å²) >= 11 is 0. The molecular weight excluding hydrogens is 310 g/mol. The van der Waals surface area contributed by atoms with E-state index in [1.165, 1.54) is 9.80 Å². The van der Waals surface area contributed by atoms with Crippen molar-refractivity contribution in [3.05, 3.63) is 17.5 Å². The molecule has 1 aliphatic carbocycles. The Morgan fingerprint density at radius 2 is 1.92 bits per heavy atom. The van der Waals surface area contributed by atoms with E-state index in [0.29, 0.717) is 18.0 Å². The van der Waals surface area contributed by atoms with Gasteiger partial charge in [-0.05, 0) is 19.8 Å². The summed E-state index contributed by atoms with van der Waals surface area (Å²) in [5.74, 6) is 0.0850. The summed E-state index contributed by atoms with van der Waals surface area (Å²) in [7, 11) is 1.68. The fourth-order valence-electron chi connectivity index (χ4n) is 3.67. The molecule has 2 heterocycles. The number of hydrogen-bond acceptors (Lipinski definition) is 5. The maximum Gasteiger partial charge on any atom is 0.233 e. The van der Waals surface area contributed by atoms with Crippen molar-refractivity contribution in [2.24, 2.45) is 11.8 Å². The Labute approximate surface area is 140 Å². The molecule has 0 radical (unpaired) electrons. The van der Waals surface area contributed by atoms with Crippen LogP contribution in [-0.2, 0) is 20.9 Å². The zero-order valence-corrected chi connectivity index (χ0v) is 14.2. The number of rotatable bonds is 5. The van der Waals surface area contributed by atoms with Crippen molar-refractivity contribution in [3.63, 3.8) is 0 Å². The Balaban J connectivity index is 1.54. The molecule has 3 rings (SSSR count). The van der Waals surface area contributed by atoms with Crippen molar-refractivity contribution in [1.29, 1.82) is 0 Å². The second kappa shape index (κ2) is 6.75. The minimum atomic E-state index is -0.155. The molecule has 0 N–H and O–H groups in total. The van der Waals surface area contributed by atoms with E-state index in [1.807, 2.05) is 0 Å². The van der Waals surface area contributed by atoms with Gasteiger partial charge in [0, 0.05) is 26.1 Å². The van der Waals surface area contributed by atoms with Crippen LogP contribution in [0.3, 0.4) is 0 Å². The number of likely N-dealkylation sites (tertiary alicyclic amines) is 1. The van der Waals surface area contributed by atoms with E-state index in [1.54, 1.807) is 20.0 Å². The molecule has 1 aromatic heterocycles. The summed E-state index contributed by atoms with van der Waals surface area (Å²) in [6.45, 7) is 2.32. The van der Waals surface area contributed by atoms with Crippen LogP contribution in [0.2, 0.25) is 0 Å². The van der Waals surface area contributed by atoms with Crippen molar-refractivity contribution in [2.45, 2.75) is 45.6 Å². The summed E-state index contributed by atoms with van der Waals surface area (Å²) in [5.41, 5.74) is 0.683. The predicted molar refractivity (Wildman–Crippen MR) is 84.5 cm³/mol. The van der Waals surface area contributed by atoms with Gasteiger partial charge in [-0.1, -0.05) is 18.0 Å². The first-order valence-corrected chi connectivity index (χ1v) is 8.48. The molecule has 1 aliphatic heterocycles. The minimum Gasteiger partial charge on any atom is -0.361 e. The minimum absolute atomic E-state index is 0.0905. The van der Waals surface area contributed by atoms with Crippen molar-refractivity contribution in [3.8, 4) is 0 Å². The summed E-state index contributed by atoms with van der Waals surface area (Å²) in [6.07, 6.45) is 3.75. The quantitative estimate of drug-likeness (QED) is 0.763. The summed E-state index contributed by atoms with van der Waals surface area (Å²) in [5, 5.41) is 3.86. The number of hydrogen-bond donors (Lipinski definition) is 0. The third kappa shape index (κ3) is 3.20. The molecule has 0 aromatic carbocycles. The fourth-order valence-corrected chi connectivity index (χ4v) is 3.67. The Hall–Kier alpha value is -2.18. The number of carbonyl (C=O) groups is 3. The third-order valence-electron chi connectivity index (χ3n) is 4.98. The van der Waals surface area contributed by atoms with Gasteiger partial charge in [-0.3, -0.25) is 19.3 Å². The normalized spacial score (nSPS) is 23.5. The number of fused-ring (bicyclic) bond motifs is 1. The molecule has 2 atom stereocenters. The van der Waals surface area contributed by atoms with E-state index in [9.17, 15) is 14.4 Å². The van der Waals surface area contributed by atoms with Gasteiger partial charge < -0.3 is 9.42 Å². The zero-order chi connectivity index (χ0) is 17.3. The van der Waals surface area contributed by atoms with E-state index in [4.69, 9.17) is 4.52 Å². The van der Waals surface area contributed by atoms with Crippen LogP contribution in [0.15, 0.2) is 10.6 Å². The average Bonchev–Trinajstić information content (AvgIpc) is 3.08. The average molecular weight is 333 g/mol. The summed E-state index contributed by atoms with van der Waals surface area (Å²) in [6, 6.07) is 1.78. The largest absolute Gasteiger partial charge is 0.361 e. The fraction of sp³-hybridized carbons (Fsp3) is 0.647. The molecule has 0 bridgehead atoms. The van der Waals surface area contributed by atoms with E-state index in [-0.39, 0.29) is 42.5 Å². The maximum atomic E-state index is 12.4. The lowest BCUT2D eigenvalue weighted by molar-refractivity contribution is -0.140. The van der Waals surface area contributed by atoms with Crippen LogP contribution in [0.5, 0.6) is 0 Å². The first-order valence-electron chi connectivity index (χ1n) is 8.48. The lowest BCUT2D eigenvalue weighted by Gasteiger charge is -2.19. The van der Waals surface area contributed by atoms with Crippen molar-refractivity contribution in [1.82, 2.24) is 15.0 Å². The van der Waals surface area contributed by atoms with E-state index in [0.717, 1.165) is 25.7 Å². The standard InChI is InChI=1S/C17H23N3O4/c1-11-9-12(18-24-11)10-19(2)15(21)7-8-20-16(22)13-5-3-4-6-14(13)17(20)23/h9,13-14H,3-8,10H2,1-2H3. The van der Waals surface area contributed by atoms with Crippen LogP contribution < -0.4 is 0 Å². The first kappa shape index (κ1) is 16.7. The highest BCUT2D eigenvalue weighted by Gasteiger charge is 2.47. The van der Waals surface area contributed by atoms with Crippen LogP contribution in [-0.4, -0.2) is 46.3 Å². The Kier molecular flexibility index (Phi) is 4.69. The monoisotopic (exact) mass is 333 g/mol. The van der Waals surface area contributed by atoms with Crippen molar-refractivity contribution in [2.75, 3.05) is 13.6 Å². The second-order valence-electron chi connectivity index (χ2n) is 6.75. The highest BCUT2D eigenvalue weighted by Crippen LogP contribution is 2.37. The molecule has 7 heteroatoms. The number of nitrogens with zero attached hydrogens (tertiary/aromatic N) is 3. The van der Waals surface area contributed by atoms with Gasteiger partial charge >= 0.3 is 0 Å². The van der Waals surface area contributed by atoms with Gasteiger partial charge in [-0.25, -0.2) is 0 Å². The van der Waals surface area contributed by atoms with Crippen LogP contribution in [0.25, 0.3) is 0 Å². The number of amides is 3. The smallest absolute Gasteiger partial charge is 0.233 e. The van der Waals surface area contributed by atoms with Gasteiger partial charge in [-0.2, -0.15) is 0 Å². The lowest BCUT2D eigenvalue weighted by Crippen LogP contribution is -2.36. The summed E-state index contributed by atoms with van der Waals surface area (Å²) < 4.78 is 4.98. The Morgan fingerprint density at radius 3 is 2.46 bits per heavy atom. The number of aryl methyl sites for hydroxylation is 1. The third-order valence-corrected chi connectivity index (χ3v) is 4.98. The molecule has 2 aliphatic rings. The van der Waals surface area contributed by atoms with E-state index < -0.39 is 0 Å². The van der Waals surface area contributed by atoms with Crippen molar-refractivity contribution >= 4 is 17.7 Å². The molecule has 0 spiro atoms. The van der Waals surface area contributed by atoms with Crippen LogP contribution in [0.1, 0.15) is 43.6 Å². The second-order valence-corrected chi connectivity index (χ2v) is 6.75. The molecule has 1 saturated heterocycles. The SMILES string of the molecule is Cc1cc(CN(C)C(=O)CCN2C(=O)C3CCCCC3C2=O)no1. The van der Waals surface area contributed by atoms with Crippen LogP contribution in [0, 0.1) is 18.8 Å². The highest BCUT2D eigenvalue weighted by atomic mass is 16.5. The van der Waals surface area contributed by atoms with E-state index >= 15 is 0 Å². The van der Waals surface area contributed by atoms with Crippen LogP contribution >= 0.6 is 0 Å². The van der Waals surface area contributed by atoms with E-state index in [2.05, 4.69) is 5.16 Å². The highest BCUT2D eigenvalue weighted by molar-refractivity contribution is 6.05. The first-order chi connectivity index (χ1) is 11.5. The molecule has 2 fully saturated rings. The molecule has 24 heavy (non-hydrogen) atoms. The number of carbonyl (C=O) groups excluding carboxylic acids is 3.